The maximum atomic E-state index is 12.1. The number of anilines is 1. The molecule has 2 amide bonds. The fourth-order valence-corrected chi connectivity index (χ4v) is 4.28. The SMILES string of the molecule is C[C@H]1CS(=O)(=O)CCN1C(=O)NCCCN(C)c1ccccc1. The van der Waals surface area contributed by atoms with Gasteiger partial charge in [-0.25, -0.2) is 13.2 Å². The van der Waals surface area contributed by atoms with Crippen LogP contribution in [-0.4, -0.2) is 63.6 Å². The molecule has 1 aromatic carbocycles. The second-order valence-electron chi connectivity index (χ2n) is 6.00. The van der Waals surface area contributed by atoms with E-state index < -0.39 is 9.84 Å². The lowest BCUT2D eigenvalue weighted by Crippen LogP contribution is -2.53. The summed E-state index contributed by atoms with van der Waals surface area (Å²) in [5, 5.41) is 2.88. The lowest BCUT2D eigenvalue weighted by Gasteiger charge is -2.33. The van der Waals surface area contributed by atoms with E-state index in [9.17, 15) is 13.2 Å². The number of para-hydroxylation sites is 1. The summed E-state index contributed by atoms with van der Waals surface area (Å²) in [5.74, 6) is 0.110. The lowest BCUT2D eigenvalue weighted by molar-refractivity contribution is 0.185. The fourth-order valence-electron chi connectivity index (χ4n) is 2.73. The summed E-state index contributed by atoms with van der Waals surface area (Å²) >= 11 is 0. The van der Waals surface area contributed by atoms with Crippen molar-refractivity contribution in [3.63, 3.8) is 0 Å². The zero-order valence-electron chi connectivity index (χ0n) is 13.7. The van der Waals surface area contributed by atoms with E-state index in [4.69, 9.17) is 0 Å². The van der Waals surface area contributed by atoms with Gasteiger partial charge in [0.15, 0.2) is 9.84 Å². The van der Waals surface area contributed by atoms with E-state index in [2.05, 4.69) is 22.3 Å². The lowest BCUT2D eigenvalue weighted by atomic mass is 10.3. The number of hydrogen-bond donors (Lipinski definition) is 1. The van der Waals surface area contributed by atoms with Crippen LogP contribution in [0.2, 0.25) is 0 Å². The van der Waals surface area contributed by atoms with Crippen molar-refractivity contribution >= 4 is 21.6 Å². The molecule has 1 aliphatic rings. The van der Waals surface area contributed by atoms with Crippen molar-refractivity contribution in [2.75, 3.05) is 43.1 Å². The van der Waals surface area contributed by atoms with Gasteiger partial charge in [0, 0.05) is 38.4 Å². The summed E-state index contributed by atoms with van der Waals surface area (Å²) in [6, 6.07) is 9.65. The first-order valence-corrected chi connectivity index (χ1v) is 9.72. The highest BCUT2D eigenvalue weighted by molar-refractivity contribution is 7.91. The number of benzene rings is 1. The van der Waals surface area contributed by atoms with Gasteiger partial charge in [0.25, 0.3) is 0 Å². The molecule has 128 valence electrons. The Bertz CT molecular complexity index is 619. The van der Waals surface area contributed by atoms with Crippen LogP contribution in [0.3, 0.4) is 0 Å². The van der Waals surface area contributed by atoms with Gasteiger partial charge in [0.1, 0.15) is 0 Å². The molecule has 6 nitrogen and oxygen atoms in total. The van der Waals surface area contributed by atoms with Gasteiger partial charge in [-0.1, -0.05) is 18.2 Å². The van der Waals surface area contributed by atoms with Crippen LogP contribution in [0.4, 0.5) is 10.5 Å². The predicted octanol–water partition coefficient (Wildman–Crippen LogP) is 1.34. The van der Waals surface area contributed by atoms with E-state index in [1.165, 1.54) is 0 Å². The molecule has 1 aliphatic heterocycles. The standard InChI is InChI=1S/C16H25N3O3S/c1-14-13-23(21,22)12-11-19(14)16(20)17-9-6-10-18(2)15-7-4-3-5-8-15/h3-5,7-8,14H,6,9-13H2,1-2H3,(H,17,20)/t14-/m0/s1. The molecule has 0 unspecified atom stereocenters. The van der Waals surface area contributed by atoms with Gasteiger partial charge >= 0.3 is 6.03 Å². The Morgan fingerprint density at radius 1 is 1.35 bits per heavy atom. The van der Waals surface area contributed by atoms with Crippen molar-refractivity contribution in [1.29, 1.82) is 0 Å². The number of carbonyl (C=O) groups excluding carboxylic acids is 1. The van der Waals surface area contributed by atoms with Crippen LogP contribution in [0, 0.1) is 0 Å². The summed E-state index contributed by atoms with van der Waals surface area (Å²) in [5.41, 5.74) is 1.15. The average molecular weight is 339 g/mol. The summed E-state index contributed by atoms with van der Waals surface area (Å²) in [7, 11) is -0.971. The van der Waals surface area contributed by atoms with Crippen molar-refractivity contribution in [3.8, 4) is 0 Å². The Morgan fingerprint density at radius 3 is 2.70 bits per heavy atom. The highest BCUT2D eigenvalue weighted by atomic mass is 32.2. The molecule has 0 bridgehead atoms. The second kappa shape index (κ2) is 7.68. The molecule has 0 spiro atoms. The quantitative estimate of drug-likeness (QED) is 0.822. The van der Waals surface area contributed by atoms with Crippen LogP contribution in [0.1, 0.15) is 13.3 Å². The molecule has 0 aromatic heterocycles. The van der Waals surface area contributed by atoms with E-state index in [0.29, 0.717) is 6.54 Å². The van der Waals surface area contributed by atoms with E-state index in [0.717, 1.165) is 18.7 Å². The van der Waals surface area contributed by atoms with Crippen molar-refractivity contribution in [2.24, 2.45) is 0 Å². The Kier molecular flexibility index (Phi) is 5.87. The summed E-state index contributed by atoms with van der Waals surface area (Å²) in [6.07, 6.45) is 0.831. The van der Waals surface area contributed by atoms with Gasteiger partial charge in [-0.15, -0.1) is 0 Å². The molecular formula is C16H25N3O3S. The van der Waals surface area contributed by atoms with Crippen LogP contribution < -0.4 is 10.2 Å². The van der Waals surface area contributed by atoms with E-state index >= 15 is 0 Å². The van der Waals surface area contributed by atoms with Crippen molar-refractivity contribution in [3.05, 3.63) is 30.3 Å². The van der Waals surface area contributed by atoms with Crippen LogP contribution in [0.15, 0.2) is 30.3 Å². The first-order chi connectivity index (χ1) is 10.9. The molecule has 1 fully saturated rings. The second-order valence-corrected chi connectivity index (χ2v) is 8.23. The molecular weight excluding hydrogens is 314 g/mol. The molecule has 1 N–H and O–H groups in total. The van der Waals surface area contributed by atoms with E-state index in [-0.39, 0.29) is 30.1 Å². The fraction of sp³-hybridized carbons (Fsp3) is 0.562. The van der Waals surface area contributed by atoms with Crippen LogP contribution >= 0.6 is 0 Å². The van der Waals surface area contributed by atoms with Crippen molar-refractivity contribution in [1.82, 2.24) is 10.2 Å². The summed E-state index contributed by atoms with van der Waals surface area (Å²) < 4.78 is 23.1. The number of carbonyl (C=O) groups is 1. The molecule has 1 heterocycles. The topological polar surface area (TPSA) is 69.7 Å². The number of nitrogens with zero attached hydrogens (tertiary/aromatic N) is 2. The zero-order chi connectivity index (χ0) is 16.9. The largest absolute Gasteiger partial charge is 0.375 e. The van der Waals surface area contributed by atoms with Crippen LogP contribution in [0.5, 0.6) is 0 Å². The molecule has 0 saturated carbocycles. The van der Waals surface area contributed by atoms with Gasteiger partial charge < -0.3 is 15.1 Å². The highest BCUT2D eigenvalue weighted by Crippen LogP contribution is 2.12. The molecule has 1 atom stereocenters. The monoisotopic (exact) mass is 339 g/mol. The molecule has 2 rings (SSSR count). The first-order valence-electron chi connectivity index (χ1n) is 7.90. The third-order valence-corrected chi connectivity index (χ3v) is 5.87. The minimum absolute atomic E-state index is 0.0527. The van der Waals surface area contributed by atoms with Gasteiger partial charge in [0.2, 0.25) is 0 Å². The number of sulfone groups is 1. The maximum absolute atomic E-state index is 12.1. The summed E-state index contributed by atoms with van der Waals surface area (Å²) in [4.78, 5) is 15.9. The molecule has 0 aliphatic carbocycles. The zero-order valence-corrected chi connectivity index (χ0v) is 14.6. The third kappa shape index (κ3) is 5.13. The van der Waals surface area contributed by atoms with Gasteiger partial charge in [0.05, 0.1) is 11.5 Å². The van der Waals surface area contributed by atoms with E-state index in [1.807, 2.05) is 25.2 Å². The van der Waals surface area contributed by atoms with Crippen LogP contribution in [-0.2, 0) is 9.84 Å². The minimum atomic E-state index is -2.99. The number of amides is 2. The molecule has 0 radical (unpaired) electrons. The molecule has 1 saturated heterocycles. The molecule has 23 heavy (non-hydrogen) atoms. The number of nitrogens with one attached hydrogen (secondary N) is 1. The Morgan fingerprint density at radius 2 is 2.04 bits per heavy atom. The van der Waals surface area contributed by atoms with Crippen molar-refractivity contribution in [2.45, 2.75) is 19.4 Å². The van der Waals surface area contributed by atoms with Gasteiger partial charge in [-0.2, -0.15) is 0 Å². The number of urea groups is 1. The third-order valence-electron chi connectivity index (χ3n) is 4.07. The maximum Gasteiger partial charge on any atom is 0.317 e. The first kappa shape index (κ1) is 17.6. The van der Waals surface area contributed by atoms with Crippen molar-refractivity contribution < 1.29 is 13.2 Å². The minimum Gasteiger partial charge on any atom is -0.375 e. The summed E-state index contributed by atoms with van der Waals surface area (Å²) in [6.45, 7) is 3.47. The Hall–Kier alpha value is -1.76. The molecule has 7 heteroatoms. The van der Waals surface area contributed by atoms with Gasteiger partial charge in [-0.05, 0) is 25.5 Å². The van der Waals surface area contributed by atoms with Crippen LogP contribution in [0.25, 0.3) is 0 Å². The normalized spacial score (nSPS) is 20.1. The molecule has 1 aromatic rings. The number of rotatable bonds is 5. The van der Waals surface area contributed by atoms with E-state index in [1.54, 1.807) is 11.8 Å². The smallest absolute Gasteiger partial charge is 0.317 e. The predicted molar refractivity (Wildman–Crippen MR) is 92.5 cm³/mol. The number of hydrogen-bond acceptors (Lipinski definition) is 4. The Balaban J connectivity index is 1.71. The Labute approximate surface area is 138 Å². The van der Waals surface area contributed by atoms with Gasteiger partial charge in [-0.3, -0.25) is 0 Å². The average Bonchev–Trinajstić information content (AvgIpc) is 2.51. The highest BCUT2D eigenvalue weighted by Gasteiger charge is 2.30.